The van der Waals surface area contributed by atoms with Gasteiger partial charge in [-0.05, 0) is 37.1 Å². The Balaban J connectivity index is 2.82. The fourth-order valence-corrected chi connectivity index (χ4v) is 2.26. The van der Waals surface area contributed by atoms with Crippen molar-refractivity contribution < 1.29 is 26.3 Å². The number of halogens is 6. The van der Waals surface area contributed by atoms with Crippen molar-refractivity contribution in [2.75, 3.05) is 0 Å². The average molecular weight is 318 g/mol. The molecule has 0 aliphatic carbocycles. The molecule has 0 heterocycles. The summed E-state index contributed by atoms with van der Waals surface area (Å²) < 4.78 is 78.7. The van der Waals surface area contributed by atoms with Crippen molar-refractivity contribution >= 4 is 0 Å². The first-order valence-corrected chi connectivity index (χ1v) is 6.36. The first-order chi connectivity index (χ1) is 10.00. The highest BCUT2D eigenvalue weighted by Crippen LogP contribution is 2.43. The molecular formula is C16H12F6. The Morgan fingerprint density at radius 2 is 0.909 bits per heavy atom. The minimum atomic E-state index is -4.73. The number of alkyl halides is 6. The summed E-state index contributed by atoms with van der Waals surface area (Å²) >= 11 is 0. The summed E-state index contributed by atoms with van der Waals surface area (Å²) in [6.45, 7) is 3.07. The molecule has 0 amide bonds. The summed E-state index contributed by atoms with van der Waals surface area (Å²) in [7, 11) is 0. The van der Waals surface area contributed by atoms with E-state index in [9.17, 15) is 26.3 Å². The molecule has 0 bridgehead atoms. The number of benzene rings is 2. The lowest BCUT2D eigenvalue weighted by atomic mass is 9.92. The summed E-state index contributed by atoms with van der Waals surface area (Å²) in [4.78, 5) is 0. The monoisotopic (exact) mass is 318 g/mol. The van der Waals surface area contributed by atoms with Crippen LogP contribution in [0.15, 0.2) is 36.4 Å². The fraction of sp³-hybridized carbons (Fsp3) is 0.250. The van der Waals surface area contributed by atoms with Gasteiger partial charge in [-0.3, -0.25) is 0 Å². The minimum absolute atomic E-state index is 0.455. The van der Waals surface area contributed by atoms with Gasteiger partial charge in [-0.2, -0.15) is 26.3 Å². The first kappa shape index (κ1) is 16.4. The summed E-state index contributed by atoms with van der Waals surface area (Å²) in [6, 6.07) is 6.35. The second-order valence-corrected chi connectivity index (χ2v) is 5.09. The molecule has 2 rings (SSSR count). The number of rotatable bonds is 1. The SMILES string of the molecule is Cc1ccc(C(F)(F)F)c(-c2cc(C)ccc2C(F)(F)F)c1. The molecule has 0 radical (unpaired) electrons. The molecule has 0 aliphatic heterocycles. The van der Waals surface area contributed by atoms with Gasteiger partial charge in [-0.25, -0.2) is 0 Å². The van der Waals surface area contributed by atoms with E-state index in [0.29, 0.717) is 11.1 Å². The van der Waals surface area contributed by atoms with Crippen molar-refractivity contribution in [2.24, 2.45) is 0 Å². The molecule has 2 aromatic carbocycles. The van der Waals surface area contributed by atoms with Crippen LogP contribution < -0.4 is 0 Å². The maximum absolute atomic E-state index is 13.1. The molecule has 0 atom stereocenters. The van der Waals surface area contributed by atoms with Crippen LogP contribution in [0.1, 0.15) is 22.3 Å². The summed E-state index contributed by atoms with van der Waals surface area (Å²) in [5.74, 6) is 0. The maximum Gasteiger partial charge on any atom is 0.417 e. The molecule has 0 N–H and O–H groups in total. The first-order valence-electron chi connectivity index (χ1n) is 6.36. The van der Waals surface area contributed by atoms with Crippen molar-refractivity contribution in [1.82, 2.24) is 0 Å². The molecule has 118 valence electrons. The molecule has 0 spiro atoms. The van der Waals surface area contributed by atoms with E-state index >= 15 is 0 Å². The quantitative estimate of drug-likeness (QED) is 0.565. The van der Waals surface area contributed by atoms with Gasteiger partial charge in [0.1, 0.15) is 0 Å². The van der Waals surface area contributed by atoms with E-state index < -0.39 is 34.6 Å². The predicted octanol–water partition coefficient (Wildman–Crippen LogP) is 6.01. The van der Waals surface area contributed by atoms with E-state index in [2.05, 4.69) is 0 Å². The highest BCUT2D eigenvalue weighted by atomic mass is 19.4. The molecule has 2 aromatic rings. The molecular weight excluding hydrogens is 306 g/mol. The zero-order chi connectivity index (χ0) is 16.7. The second kappa shape index (κ2) is 5.34. The third-order valence-electron chi connectivity index (χ3n) is 3.25. The lowest BCUT2D eigenvalue weighted by molar-refractivity contribution is -0.139. The zero-order valence-electron chi connectivity index (χ0n) is 11.7. The Kier molecular flexibility index (Phi) is 3.98. The normalized spacial score (nSPS) is 12.5. The van der Waals surface area contributed by atoms with Gasteiger partial charge in [0, 0.05) is 0 Å². The Bertz CT molecular complexity index is 633. The number of hydrogen-bond donors (Lipinski definition) is 0. The zero-order valence-corrected chi connectivity index (χ0v) is 11.7. The predicted molar refractivity (Wildman–Crippen MR) is 71.4 cm³/mol. The van der Waals surface area contributed by atoms with E-state index in [-0.39, 0.29) is 0 Å². The minimum Gasteiger partial charge on any atom is -0.166 e. The van der Waals surface area contributed by atoms with Gasteiger partial charge in [0.15, 0.2) is 0 Å². The van der Waals surface area contributed by atoms with Crippen molar-refractivity contribution in [2.45, 2.75) is 26.2 Å². The van der Waals surface area contributed by atoms with Crippen LogP contribution >= 0.6 is 0 Å². The molecule has 0 fully saturated rings. The lowest BCUT2D eigenvalue weighted by Gasteiger charge is -2.18. The van der Waals surface area contributed by atoms with Gasteiger partial charge < -0.3 is 0 Å². The number of aryl methyl sites for hydroxylation is 2. The summed E-state index contributed by atoms with van der Waals surface area (Å²) in [6.07, 6.45) is -9.45. The maximum atomic E-state index is 13.1. The molecule has 0 aliphatic rings. The van der Waals surface area contributed by atoms with E-state index in [1.54, 1.807) is 0 Å². The van der Waals surface area contributed by atoms with Gasteiger partial charge in [0.25, 0.3) is 0 Å². The second-order valence-electron chi connectivity index (χ2n) is 5.09. The van der Waals surface area contributed by atoms with Crippen molar-refractivity contribution in [3.63, 3.8) is 0 Å². The summed E-state index contributed by atoms with van der Waals surface area (Å²) in [5, 5.41) is 0. The van der Waals surface area contributed by atoms with Gasteiger partial charge in [0.2, 0.25) is 0 Å². The van der Waals surface area contributed by atoms with Crippen LogP contribution in [0, 0.1) is 13.8 Å². The smallest absolute Gasteiger partial charge is 0.166 e. The molecule has 0 nitrogen and oxygen atoms in total. The Morgan fingerprint density at radius 1 is 0.591 bits per heavy atom. The molecule has 0 unspecified atom stereocenters. The topological polar surface area (TPSA) is 0 Å². The van der Waals surface area contributed by atoms with Crippen LogP contribution in [0.4, 0.5) is 26.3 Å². The van der Waals surface area contributed by atoms with Crippen molar-refractivity contribution in [3.8, 4) is 11.1 Å². The highest BCUT2D eigenvalue weighted by Gasteiger charge is 2.38. The average Bonchev–Trinajstić information content (AvgIpc) is 2.35. The van der Waals surface area contributed by atoms with Crippen LogP contribution in [0.5, 0.6) is 0 Å². The van der Waals surface area contributed by atoms with E-state index in [1.807, 2.05) is 0 Å². The van der Waals surface area contributed by atoms with E-state index in [0.717, 1.165) is 24.3 Å². The third-order valence-corrected chi connectivity index (χ3v) is 3.25. The Morgan fingerprint density at radius 3 is 1.18 bits per heavy atom. The van der Waals surface area contributed by atoms with Crippen LogP contribution in [-0.4, -0.2) is 0 Å². The van der Waals surface area contributed by atoms with Gasteiger partial charge in [-0.1, -0.05) is 35.4 Å². The molecule has 22 heavy (non-hydrogen) atoms. The van der Waals surface area contributed by atoms with Crippen molar-refractivity contribution in [3.05, 3.63) is 58.7 Å². The molecule has 0 saturated carbocycles. The molecule has 0 aromatic heterocycles. The Hall–Kier alpha value is -1.98. The third kappa shape index (κ3) is 3.26. The van der Waals surface area contributed by atoms with Crippen molar-refractivity contribution in [1.29, 1.82) is 0 Å². The largest absolute Gasteiger partial charge is 0.417 e. The van der Waals surface area contributed by atoms with Gasteiger partial charge in [-0.15, -0.1) is 0 Å². The van der Waals surface area contributed by atoms with Crippen LogP contribution in [0.2, 0.25) is 0 Å². The number of hydrogen-bond acceptors (Lipinski definition) is 0. The van der Waals surface area contributed by atoms with Crippen LogP contribution in [-0.2, 0) is 12.4 Å². The summed E-state index contributed by atoms with van der Waals surface area (Å²) in [5.41, 5.74) is -2.15. The van der Waals surface area contributed by atoms with Crippen LogP contribution in [0.25, 0.3) is 11.1 Å². The molecule has 0 saturated heterocycles. The molecule has 6 heteroatoms. The fourth-order valence-electron chi connectivity index (χ4n) is 2.26. The van der Waals surface area contributed by atoms with Gasteiger partial charge in [0.05, 0.1) is 11.1 Å². The highest BCUT2D eigenvalue weighted by molar-refractivity contribution is 5.73. The lowest BCUT2D eigenvalue weighted by Crippen LogP contribution is -2.11. The van der Waals surface area contributed by atoms with E-state index in [4.69, 9.17) is 0 Å². The van der Waals surface area contributed by atoms with E-state index in [1.165, 1.54) is 26.0 Å². The van der Waals surface area contributed by atoms with Gasteiger partial charge >= 0.3 is 12.4 Å². The van der Waals surface area contributed by atoms with Crippen LogP contribution in [0.3, 0.4) is 0 Å². The standard InChI is InChI=1S/C16H12F6/c1-9-3-5-13(15(17,18)19)11(7-9)12-8-10(2)4-6-14(12)16(20,21)22/h3-8H,1-2H3. The Labute approximate surface area is 123 Å².